The van der Waals surface area contributed by atoms with Crippen molar-refractivity contribution in [1.29, 1.82) is 0 Å². The molecule has 5 nitrogen and oxygen atoms in total. The lowest BCUT2D eigenvalue weighted by Crippen LogP contribution is -2.47. The Morgan fingerprint density at radius 1 is 1.12 bits per heavy atom. The van der Waals surface area contributed by atoms with Gasteiger partial charge in [0.05, 0.1) is 7.11 Å². The van der Waals surface area contributed by atoms with Crippen molar-refractivity contribution in [3.05, 3.63) is 54.2 Å². The van der Waals surface area contributed by atoms with Gasteiger partial charge in [0.2, 0.25) is 0 Å². The monoisotopic (exact) mass is 339 g/mol. The number of pyridine rings is 1. The van der Waals surface area contributed by atoms with Gasteiger partial charge in [0.1, 0.15) is 6.29 Å². The maximum atomic E-state index is 11.4. The number of aldehydes is 1. The highest BCUT2D eigenvalue weighted by Gasteiger charge is 2.21. The maximum Gasteiger partial charge on any atom is 0.171 e. The number of ether oxygens (including phenoxy) is 1. The highest BCUT2D eigenvalue weighted by atomic mass is 16.5. The zero-order valence-electron chi connectivity index (χ0n) is 14.7. The van der Waals surface area contributed by atoms with Crippen molar-refractivity contribution in [1.82, 2.24) is 9.88 Å². The van der Waals surface area contributed by atoms with E-state index in [9.17, 15) is 4.79 Å². The molecule has 2 aromatic rings. The molecule has 0 bridgehead atoms. The number of hydrogen-bond acceptors (Lipinski definition) is 5. The molecule has 0 amide bonds. The van der Waals surface area contributed by atoms with Gasteiger partial charge in [-0.2, -0.15) is 0 Å². The average Bonchev–Trinajstić information content (AvgIpc) is 2.70. The van der Waals surface area contributed by atoms with Crippen LogP contribution >= 0.6 is 0 Å². The summed E-state index contributed by atoms with van der Waals surface area (Å²) in [4.78, 5) is 20.6. The summed E-state index contributed by atoms with van der Waals surface area (Å²) in [5.41, 5.74) is 1.11. The maximum absolute atomic E-state index is 11.4. The Hall–Kier alpha value is -2.40. The van der Waals surface area contributed by atoms with Gasteiger partial charge in [-0.15, -0.1) is 0 Å². The molecule has 1 aromatic heterocycles. The number of piperazine rings is 1. The van der Waals surface area contributed by atoms with E-state index in [1.165, 1.54) is 0 Å². The number of anilines is 1. The number of carbonyl (C=O) groups excluding carboxylic acids is 1. The summed E-state index contributed by atoms with van der Waals surface area (Å²) in [5.74, 6) is 1.72. The van der Waals surface area contributed by atoms with Crippen molar-refractivity contribution in [3.8, 4) is 5.75 Å². The van der Waals surface area contributed by atoms with Crippen molar-refractivity contribution in [2.45, 2.75) is 12.3 Å². The van der Waals surface area contributed by atoms with Crippen LogP contribution in [0.3, 0.4) is 0 Å². The molecule has 1 unspecified atom stereocenters. The van der Waals surface area contributed by atoms with Crippen LogP contribution in [0.15, 0.2) is 48.7 Å². The van der Waals surface area contributed by atoms with Crippen molar-refractivity contribution in [2.24, 2.45) is 0 Å². The Balaban J connectivity index is 1.52. The van der Waals surface area contributed by atoms with Crippen LogP contribution in [0.2, 0.25) is 0 Å². The summed E-state index contributed by atoms with van der Waals surface area (Å²) in [6, 6.07) is 13.9. The molecular weight excluding hydrogens is 314 g/mol. The Morgan fingerprint density at radius 2 is 1.88 bits per heavy atom. The molecule has 0 aliphatic carbocycles. The number of nitrogens with zero attached hydrogens (tertiary/aromatic N) is 3. The van der Waals surface area contributed by atoms with Crippen molar-refractivity contribution < 1.29 is 9.53 Å². The summed E-state index contributed by atoms with van der Waals surface area (Å²) >= 11 is 0. The highest BCUT2D eigenvalue weighted by Crippen LogP contribution is 2.26. The fourth-order valence-corrected chi connectivity index (χ4v) is 3.30. The van der Waals surface area contributed by atoms with E-state index < -0.39 is 0 Å². The molecule has 2 heterocycles. The van der Waals surface area contributed by atoms with Crippen LogP contribution in [0.4, 0.5) is 5.82 Å². The zero-order chi connectivity index (χ0) is 17.5. The van der Waals surface area contributed by atoms with Crippen LogP contribution in [0.5, 0.6) is 5.75 Å². The first-order valence-corrected chi connectivity index (χ1v) is 8.78. The largest absolute Gasteiger partial charge is 0.493 e. The zero-order valence-corrected chi connectivity index (χ0v) is 14.7. The molecule has 1 aliphatic rings. The lowest BCUT2D eigenvalue weighted by atomic mass is 9.97. The molecule has 3 rings (SSSR count). The first-order valence-electron chi connectivity index (χ1n) is 8.78. The number of methoxy groups -OCH3 is 1. The van der Waals surface area contributed by atoms with Gasteiger partial charge in [0.15, 0.2) is 11.6 Å². The molecule has 1 aliphatic heterocycles. The fourth-order valence-electron chi connectivity index (χ4n) is 3.30. The van der Waals surface area contributed by atoms with E-state index >= 15 is 0 Å². The minimum Gasteiger partial charge on any atom is -0.493 e. The quantitative estimate of drug-likeness (QED) is 0.726. The molecule has 1 atom stereocenters. The van der Waals surface area contributed by atoms with E-state index in [-0.39, 0.29) is 5.92 Å². The first-order chi connectivity index (χ1) is 12.3. The fraction of sp³-hybridized carbons (Fsp3) is 0.400. The van der Waals surface area contributed by atoms with Gasteiger partial charge >= 0.3 is 0 Å². The van der Waals surface area contributed by atoms with Gasteiger partial charge in [-0.3, -0.25) is 4.90 Å². The van der Waals surface area contributed by atoms with Crippen LogP contribution in [0, 0.1) is 0 Å². The predicted octanol–water partition coefficient (Wildman–Crippen LogP) is 2.59. The van der Waals surface area contributed by atoms with Crippen LogP contribution < -0.4 is 9.64 Å². The lowest BCUT2D eigenvalue weighted by molar-refractivity contribution is -0.109. The third-order valence-corrected chi connectivity index (χ3v) is 4.79. The van der Waals surface area contributed by atoms with Gasteiger partial charge in [-0.05, 0) is 30.7 Å². The third kappa shape index (κ3) is 4.37. The van der Waals surface area contributed by atoms with E-state index in [2.05, 4.69) is 14.8 Å². The van der Waals surface area contributed by atoms with E-state index in [4.69, 9.17) is 4.74 Å². The van der Waals surface area contributed by atoms with Gasteiger partial charge in [-0.25, -0.2) is 4.98 Å². The highest BCUT2D eigenvalue weighted by molar-refractivity contribution is 5.62. The molecule has 25 heavy (non-hydrogen) atoms. The molecule has 1 fully saturated rings. The summed E-state index contributed by atoms with van der Waals surface area (Å²) in [7, 11) is 1.68. The van der Waals surface area contributed by atoms with Crippen molar-refractivity contribution >= 4 is 12.1 Å². The second-order valence-electron chi connectivity index (χ2n) is 6.30. The minimum absolute atomic E-state index is 0.0184. The number of benzene rings is 1. The second-order valence-corrected chi connectivity index (χ2v) is 6.30. The van der Waals surface area contributed by atoms with Gasteiger partial charge < -0.3 is 14.4 Å². The van der Waals surface area contributed by atoms with Gasteiger partial charge in [0.25, 0.3) is 0 Å². The van der Waals surface area contributed by atoms with Crippen LogP contribution in [0.25, 0.3) is 0 Å². The first kappa shape index (κ1) is 17.4. The third-order valence-electron chi connectivity index (χ3n) is 4.79. The normalized spacial score (nSPS) is 16.4. The van der Waals surface area contributed by atoms with Crippen LogP contribution in [-0.4, -0.2) is 56.0 Å². The summed E-state index contributed by atoms with van der Waals surface area (Å²) in [6.45, 7) is 4.72. The lowest BCUT2D eigenvalue weighted by Gasteiger charge is -2.36. The van der Waals surface area contributed by atoms with E-state index in [1.54, 1.807) is 13.3 Å². The van der Waals surface area contributed by atoms with Crippen molar-refractivity contribution in [2.75, 3.05) is 44.7 Å². The summed E-state index contributed by atoms with van der Waals surface area (Å²) in [5, 5.41) is 0. The SMILES string of the molecule is COc1cccnc1N1CCN(CCC(C=O)c2ccccc2)CC1. The van der Waals surface area contributed by atoms with E-state index in [0.717, 1.165) is 62.6 Å². The Labute approximate surface area is 149 Å². The Kier molecular flexibility index (Phi) is 6.01. The molecule has 0 saturated carbocycles. The summed E-state index contributed by atoms with van der Waals surface area (Å²) < 4.78 is 5.41. The average molecular weight is 339 g/mol. The smallest absolute Gasteiger partial charge is 0.171 e. The topological polar surface area (TPSA) is 45.7 Å². The number of hydrogen-bond donors (Lipinski definition) is 0. The second kappa shape index (κ2) is 8.62. The molecule has 0 spiro atoms. The van der Waals surface area contributed by atoms with E-state index in [1.807, 2.05) is 42.5 Å². The van der Waals surface area contributed by atoms with Crippen LogP contribution in [0.1, 0.15) is 17.9 Å². The molecular formula is C20H25N3O2. The summed E-state index contributed by atoms with van der Waals surface area (Å²) in [6.07, 6.45) is 3.74. The Morgan fingerprint density at radius 3 is 2.56 bits per heavy atom. The number of aromatic nitrogens is 1. The molecule has 0 N–H and O–H groups in total. The number of carbonyl (C=O) groups is 1. The van der Waals surface area contributed by atoms with Gasteiger partial charge in [-0.1, -0.05) is 30.3 Å². The molecule has 0 radical (unpaired) electrons. The number of rotatable bonds is 7. The van der Waals surface area contributed by atoms with Gasteiger partial charge in [0, 0.05) is 38.3 Å². The minimum atomic E-state index is -0.0184. The molecule has 5 heteroatoms. The molecule has 1 aromatic carbocycles. The molecule has 1 saturated heterocycles. The van der Waals surface area contributed by atoms with Crippen molar-refractivity contribution in [3.63, 3.8) is 0 Å². The standard InChI is InChI=1S/C20H25N3O2/c1-25-19-8-5-10-21-20(19)23-14-12-22(13-15-23)11-9-18(16-24)17-6-3-2-4-7-17/h2-8,10,16,18H,9,11-15H2,1H3. The predicted molar refractivity (Wildman–Crippen MR) is 99.3 cm³/mol. The van der Waals surface area contributed by atoms with Crippen LogP contribution in [-0.2, 0) is 4.79 Å². The van der Waals surface area contributed by atoms with E-state index in [0.29, 0.717) is 0 Å². The Bertz CT molecular complexity index is 670. The molecule has 132 valence electrons.